The van der Waals surface area contributed by atoms with Crippen LogP contribution in [0.5, 0.6) is 0 Å². The fraction of sp³-hybridized carbons (Fsp3) is 1.00. The Labute approximate surface area is 83.7 Å². The Morgan fingerprint density at radius 1 is 1.23 bits per heavy atom. The van der Waals surface area contributed by atoms with Crippen LogP contribution in [0.25, 0.3) is 0 Å². The summed E-state index contributed by atoms with van der Waals surface area (Å²) in [6.45, 7) is 12.4. The van der Waals surface area contributed by atoms with E-state index in [1.807, 2.05) is 0 Å². The van der Waals surface area contributed by atoms with Crippen LogP contribution in [-0.4, -0.2) is 37.6 Å². The molecular formula is C11H26N2. The van der Waals surface area contributed by atoms with Crippen LogP contribution in [0, 0.1) is 5.92 Å². The molecule has 0 aliphatic rings. The molecule has 0 saturated carbocycles. The van der Waals surface area contributed by atoms with E-state index < -0.39 is 0 Å². The molecule has 0 spiro atoms. The van der Waals surface area contributed by atoms with Crippen LogP contribution < -0.4 is 5.32 Å². The van der Waals surface area contributed by atoms with Crippen LogP contribution in [0.4, 0.5) is 0 Å². The Kier molecular flexibility index (Phi) is 7.29. The highest BCUT2D eigenvalue weighted by molar-refractivity contribution is 4.61. The van der Waals surface area contributed by atoms with Gasteiger partial charge in [-0.1, -0.05) is 20.8 Å². The van der Waals surface area contributed by atoms with E-state index in [9.17, 15) is 0 Å². The molecular weight excluding hydrogens is 160 g/mol. The van der Waals surface area contributed by atoms with Gasteiger partial charge in [-0.15, -0.1) is 0 Å². The van der Waals surface area contributed by atoms with Crippen molar-refractivity contribution in [3.8, 4) is 0 Å². The monoisotopic (exact) mass is 186 g/mol. The molecule has 1 N–H and O–H groups in total. The molecule has 0 heterocycles. The first-order valence-electron chi connectivity index (χ1n) is 5.48. The van der Waals surface area contributed by atoms with Gasteiger partial charge in [-0.05, 0) is 26.3 Å². The summed E-state index contributed by atoms with van der Waals surface area (Å²) >= 11 is 0. The minimum Gasteiger partial charge on any atom is -0.313 e. The van der Waals surface area contributed by atoms with Gasteiger partial charge in [0.05, 0.1) is 0 Å². The van der Waals surface area contributed by atoms with E-state index >= 15 is 0 Å². The fourth-order valence-electron chi connectivity index (χ4n) is 1.36. The minimum absolute atomic E-state index is 0.660. The van der Waals surface area contributed by atoms with Gasteiger partial charge < -0.3 is 10.2 Å². The first-order chi connectivity index (χ1) is 6.06. The van der Waals surface area contributed by atoms with E-state index in [0.29, 0.717) is 6.04 Å². The number of nitrogens with one attached hydrogen (secondary N) is 1. The topological polar surface area (TPSA) is 15.3 Å². The average molecular weight is 186 g/mol. The van der Waals surface area contributed by atoms with Crippen molar-refractivity contribution in [3.63, 3.8) is 0 Å². The maximum absolute atomic E-state index is 3.49. The summed E-state index contributed by atoms with van der Waals surface area (Å²) in [5.74, 6) is 0.772. The molecule has 0 radical (unpaired) electrons. The SMILES string of the molecule is CCC(C)NCCN(C)CC(C)C. The molecule has 2 heteroatoms. The van der Waals surface area contributed by atoms with E-state index in [2.05, 4.69) is 45.0 Å². The van der Waals surface area contributed by atoms with E-state index in [1.54, 1.807) is 0 Å². The molecule has 0 aliphatic carbocycles. The summed E-state index contributed by atoms with van der Waals surface area (Å²) in [6.07, 6.45) is 1.22. The lowest BCUT2D eigenvalue weighted by molar-refractivity contribution is 0.290. The highest BCUT2D eigenvalue weighted by Crippen LogP contribution is 1.94. The lowest BCUT2D eigenvalue weighted by Crippen LogP contribution is -2.35. The van der Waals surface area contributed by atoms with Gasteiger partial charge in [0.1, 0.15) is 0 Å². The van der Waals surface area contributed by atoms with Crippen LogP contribution >= 0.6 is 0 Å². The molecule has 80 valence electrons. The second-order valence-electron chi connectivity index (χ2n) is 4.42. The van der Waals surface area contributed by atoms with Crippen molar-refractivity contribution < 1.29 is 0 Å². The predicted octanol–water partition coefficient (Wildman–Crippen LogP) is 1.96. The molecule has 0 fully saturated rings. The van der Waals surface area contributed by atoms with Crippen molar-refractivity contribution in [2.75, 3.05) is 26.7 Å². The van der Waals surface area contributed by atoms with Crippen molar-refractivity contribution in [1.29, 1.82) is 0 Å². The normalized spacial score (nSPS) is 14.1. The highest BCUT2D eigenvalue weighted by Gasteiger charge is 2.02. The highest BCUT2D eigenvalue weighted by atomic mass is 15.1. The van der Waals surface area contributed by atoms with E-state index in [-0.39, 0.29) is 0 Å². The Balaban J connectivity index is 3.31. The smallest absolute Gasteiger partial charge is 0.0104 e. The molecule has 0 saturated heterocycles. The van der Waals surface area contributed by atoms with Gasteiger partial charge in [-0.2, -0.15) is 0 Å². The number of rotatable bonds is 7. The summed E-state index contributed by atoms with van der Waals surface area (Å²) in [5, 5.41) is 3.49. The molecule has 0 aromatic heterocycles. The zero-order chi connectivity index (χ0) is 10.3. The lowest BCUT2D eigenvalue weighted by atomic mass is 10.2. The van der Waals surface area contributed by atoms with Gasteiger partial charge in [-0.3, -0.25) is 0 Å². The van der Waals surface area contributed by atoms with E-state index in [0.717, 1.165) is 19.0 Å². The van der Waals surface area contributed by atoms with Crippen molar-refractivity contribution in [2.45, 2.75) is 40.2 Å². The summed E-state index contributed by atoms with van der Waals surface area (Å²) in [4.78, 5) is 2.39. The third-order valence-corrected chi connectivity index (χ3v) is 2.28. The zero-order valence-electron chi connectivity index (χ0n) is 9.93. The fourth-order valence-corrected chi connectivity index (χ4v) is 1.36. The molecule has 0 bridgehead atoms. The Bertz CT molecular complexity index is 113. The maximum atomic E-state index is 3.49. The quantitative estimate of drug-likeness (QED) is 0.654. The minimum atomic E-state index is 0.660. The van der Waals surface area contributed by atoms with Crippen molar-refractivity contribution >= 4 is 0 Å². The Hall–Kier alpha value is -0.0800. The van der Waals surface area contributed by atoms with Crippen molar-refractivity contribution in [3.05, 3.63) is 0 Å². The summed E-state index contributed by atoms with van der Waals surface area (Å²) in [5.41, 5.74) is 0. The summed E-state index contributed by atoms with van der Waals surface area (Å²) < 4.78 is 0. The second kappa shape index (κ2) is 7.34. The van der Waals surface area contributed by atoms with Crippen LogP contribution in [0.3, 0.4) is 0 Å². The Morgan fingerprint density at radius 2 is 1.85 bits per heavy atom. The van der Waals surface area contributed by atoms with Gasteiger partial charge in [0, 0.05) is 25.7 Å². The van der Waals surface area contributed by atoms with Gasteiger partial charge in [-0.25, -0.2) is 0 Å². The lowest BCUT2D eigenvalue weighted by Gasteiger charge is -2.20. The third kappa shape index (κ3) is 8.26. The van der Waals surface area contributed by atoms with Crippen molar-refractivity contribution in [2.24, 2.45) is 5.92 Å². The molecule has 13 heavy (non-hydrogen) atoms. The third-order valence-electron chi connectivity index (χ3n) is 2.28. The summed E-state index contributed by atoms with van der Waals surface area (Å²) in [7, 11) is 2.19. The van der Waals surface area contributed by atoms with Gasteiger partial charge in [0.25, 0.3) is 0 Å². The van der Waals surface area contributed by atoms with Crippen LogP contribution in [-0.2, 0) is 0 Å². The zero-order valence-corrected chi connectivity index (χ0v) is 9.93. The molecule has 0 amide bonds. The molecule has 0 aromatic rings. The Morgan fingerprint density at radius 3 is 2.31 bits per heavy atom. The molecule has 1 atom stereocenters. The van der Waals surface area contributed by atoms with Crippen molar-refractivity contribution in [1.82, 2.24) is 10.2 Å². The van der Waals surface area contributed by atoms with Crippen LogP contribution in [0.15, 0.2) is 0 Å². The second-order valence-corrected chi connectivity index (χ2v) is 4.42. The number of nitrogens with zero attached hydrogens (tertiary/aromatic N) is 1. The van der Waals surface area contributed by atoms with E-state index in [4.69, 9.17) is 0 Å². The number of hydrogen-bond donors (Lipinski definition) is 1. The molecule has 1 unspecified atom stereocenters. The molecule has 2 nitrogen and oxygen atoms in total. The maximum Gasteiger partial charge on any atom is 0.0104 e. The first-order valence-corrected chi connectivity index (χ1v) is 5.48. The van der Waals surface area contributed by atoms with Crippen LogP contribution in [0.2, 0.25) is 0 Å². The van der Waals surface area contributed by atoms with E-state index in [1.165, 1.54) is 13.0 Å². The van der Waals surface area contributed by atoms with Gasteiger partial charge in [0.2, 0.25) is 0 Å². The average Bonchev–Trinajstić information content (AvgIpc) is 2.02. The standard InChI is InChI=1S/C11H26N2/c1-6-11(4)12-7-8-13(5)9-10(2)3/h10-12H,6-9H2,1-5H3. The van der Waals surface area contributed by atoms with Gasteiger partial charge >= 0.3 is 0 Å². The molecule has 0 aliphatic heterocycles. The van der Waals surface area contributed by atoms with Gasteiger partial charge in [0.15, 0.2) is 0 Å². The number of hydrogen-bond acceptors (Lipinski definition) is 2. The predicted molar refractivity (Wildman–Crippen MR) is 60.1 cm³/mol. The molecule has 0 aromatic carbocycles. The largest absolute Gasteiger partial charge is 0.313 e. The molecule has 0 rings (SSSR count). The summed E-state index contributed by atoms with van der Waals surface area (Å²) in [6, 6.07) is 0.660. The number of likely N-dealkylation sites (N-methyl/N-ethyl adjacent to an activating group) is 1. The first kappa shape index (κ1) is 12.9. The van der Waals surface area contributed by atoms with Crippen LogP contribution in [0.1, 0.15) is 34.1 Å².